The number of carbonyl (C=O) groups is 1. The molecule has 3 nitrogen and oxygen atoms in total. The summed E-state index contributed by atoms with van der Waals surface area (Å²) in [7, 11) is 1.63. The molecule has 0 aliphatic heterocycles. The lowest BCUT2D eigenvalue weighted by molar-refractivity contribution is 0.0951. The molecule has 0 saturated heterocycles. The fraction of sp³-hybridized carbons (Fsp3) is 0.250. The molecule has 0 unspecified atom stereocenters. The second-order valence-electron chi connectivity index (χ2n) is 5.76. The van der Waals surface area contributed by atoms with Crippen LogP contribution in [0.1, 0.15) is 35.3 Å². The number of allylic oxidation sites excluding steroid dienone is 1. The number of ether oxygens (including phenoxy) is 1. The van der Waals surface area contributed by atoms with Gasteiger partial charge in [-0.2, -0.15) is 0 Å². The second-order valence-corrected chi connectivity index (χ2v) is 5.76. The highest BCUT2D eigenvalue weighted by atomic mass is 16.5. The van der Waals surface area contributed by atoms with E-state index in [0.29, 0.717) is 18.0 Å². The van der Waals surface area contributed by atoms with E-state index in [1.807, 2.05) is 48.5 Å². The molecule has 120 valence electrons. The quantitative estimate of drug-likeness (QED) is 0.864. The Kier molecular flexibility index (Phi) is 5.98. The van der Waals surface area contributed by atoms with Crippen molar-refractivity contribution in [1.29, 1.82) is 0 Å². The summed E-state index contributed by atoms with van der Waals surface area (Å²) in [6.45, 7) is 4.75. The Bertz CT molecular complexity index is 672. The molecule has 0 aliphatic rings. The van der Waals surface area contributed by atoms with Gasteiger partial charge in [-0.1, -0.05) is 50.3 Å². The van der Waals surface area contributed by atoms with Crippen molar-refractivity contribution in [3.8, 4) is 5.75 Å². The van der Waals surface area contributed by atoms with Crippen LogP contribution >= 0.6 is 0 Å². The van der Waals surface area contributed by atoms with Crippen LogP contribution in [-0.4, -0.2) is 13.0 Å². The largest absolute Gasteiger partial charge is 0.497 e. The van der Waals surface area contributed by atoms with Gasteiger partial charge in [0, 0.05) is 12.1 Å². The molecule has 0 heterocycles. The molecular weight excluding hydrogens is 286 g/mol. The van der Waals surface area contributed by atoms with E-state index in [4.69, 9.17) is 4.74 Å². The molecule has 0 spiro atoms. The van der Waals surface area contributed by atoms with Gasteiger partial charge in [0.25, 0.3) is 5.91 Å². The third kappa shape index (κ3) is 5.29. The molecule has 0 radical (unpaired) electrons. The standard InChI is InChI=1S/C20H23NO2/c1-15(2)7-8-16-9-11-18(12-10-16)20(22)21-14-17-5-4-6-19(13-17)23-3/h4-13,15H,14H2,1-3H3,(H,21,22). The summed E-state index contributed by atoms with van der Waals surface area (Å²) in [6, 6.07) is 15.3. The van der Waals surface area contributed by atoms with E-state index in [9.17, 15) is 4.79 Å². The van der Waals surface area contributed by atoms with E-state index in [-0.39, 0.29) is 5.91 Å². The number of carbonyl (C=O) groups excluding carboxylic acids is 1. The smallest absolute Gasteiger partial charge is 0.251 e. The van der Waals surface area contributed by atoms with Crippen molar-refractivity contribution in [1.82, 2.24) is 5.32 Å². The molecule has 0 aliphatic carbocycles. The average Bonchev–Trinajstić information content (AvgIpc) is 2.58. The van der Waals surface area contributed by atoms with Crippen molar-refractivity contribution in [2.45, 2.75) is 20.4 Å². The Labute approximate surface area is 138 Å². The SMILES string of the molecule is COc1cccc(CNC(=O)c2ccc(C=CC(C)C)cc2)c1. The Morgan fingerprint density at radius 3 is 2.57 bits per heavy atom. The van der Waals surface area contributed by atoms with E-state index >= 15 is 0 Å². The molecule has 0 atom stereocenters. The van der Waals surface area contributed by atoms with Gasteiger partial charge in [-0.05, 0) is 41.3 Å². The molecule has 2 aromatic carbocycles. The zero-order valence-electron chi connectivity index (χ0n) is 13.9. The van der Waals surface area contributed by atoms with Crippen LogP contribution in [0, 0.1) is 5.92 Å². The molecule has 0 aromatic heterocycles. The summed E-state index contributed by atoms with van der Waals surface area (Å²) >= 11 is 0. The normalized spacial score (nSPS) is 11.0. The molecule has 23 heavy (non-hydrogen) atoms. The molecule has 3 heteroatoms. The Balaban J connectivity index is 1.95. The number of hydrogen-bond acceptors (Lipinski definition) is 2. The number of nitrogens with one attached hydrogen (secondary N) is 1. The predicted octanol–water partition coefficient (Wildman–Crippen LogP) is 4.29. The lowest BCUT2D eigenvalue weighted by atomic mass is 10.1. The van der Waals surface area contributed by atoms with E-state index in [2.05, 4.69) is 31.3 Å². The van der Waals surface area contributed by atoms with Gasteiger partial charge in [-0.3, -0.25) is 4.79 Å². The van der Waals surface area contributed by atoms with Crippen molar-refractivity contribution >= 4 is 12.0 Å². The van der Waals surface area contributed by atoms with Crippen LogP contribution in [0.5, 0.6) is 5.75 Å². The molecule has 0 saturated carbocycles. The molecule has 1 N–H and O–H groups in total. The first-order valence-corrected chi connectivity index (χ1v) is 7.78. The van der Waals surface area contributed by atoms with E-state index in [1.54, 1.807) is 7.11 Å². The van der Waals surface area contributed by atoms with Crippen molar-refractivity contribution in [3.05, 3.63) is 71.3 Å². The van der Waals surface area contributed by atoms with Crippen LogP contribution in [0.4, 0.5) is 0 Å². The molecule has 2 rings (SSSR count). The number of methoxy groups -OCH3 is 1. The first-order valence-electron chi connectivity index (χ1n) is 7.78. The van der Waals surface area contributed by atoms with E-state index in [0.717, 1.165) is 16.9 Å². The highest BCUT2D eigenvalue weighted by Gasteiger charge is 2.05. The Morgan fingerprint density at radius 2 is 1.91 bits per heavy atom. The van der Waals surface area contributed by atoms with Crippen LogP contribution in [0.15, 0.2) is 54.6 Å². The van der Waals surface area contributed by atoms with Gasteiger partial charge in [0.2, 0.25) is 0 Å². The van der Waals surface area contributed by atoms with Crippen LogP contribution in [0.2, 0.25) is 0 Å². The van der Waals surface area contributed by atoms with Crippen LogP contribution < -0.4 is 10.1 Å². The Morgan fingerprint density at radius 1 is 1.17 bits per heavy atom. The highest BCUT2D eigenvalue weighted by Crippen LogP contribution is 2.13. The third-order valence-corrected chi connectivity index (χ3v) is 3.43. The summed E-state index contributed by atoms with van der Waals surface area (Å²) < 4.78 is 5.18. The van der Waals surface area contributed by atoms with E-state index < -0.39 is 0 Å². The maximum atomic E-state index is 12.2. The third-order valence-electron chi connectivity index (χ3n) is 3.43. The minimum atomic E-state index is -0.0767. The first-order chi connectivity index (χ1) is 11.1. The summed E-state index contributed by atoms with van der Waals surface area (Å²) in [5.41, 5.74) is 2.77. The summed E-state index contributed by atoms with van der Waals surface area (Å²) in [5.74, 6) is 1.23. The maximum Gasteiger partial charge on any atom is 0.251 e. The number of benzene rings is 2. The van der Waals surface area contributed by atoms with Gasteiger partial charge in [-0.15, -0.1) is 0 Å². The fourth-order valence-electron chi connectivity index (χ4n) is 2.12. The van der Waals surface area contributed by atoms with Crippen LogP contribution in [0.25, 0.3) is 6.08 Å². The summed E-state index contributed by atoms with van der Waals surface area (Å²) in [5, 5.41) is 2.92. The monoisotopic (exact) mass is 309 g/mol. The lowest BCUT2D eigenvalue weighted by Crippen LogP contribution is -2.22. The van der Waals surface area contributed by atoms with Gasteiger partial charge in [-0.25, -0.2) is 0 Å². The molecule has 1 amide bonds. The van der Waals surface area contributed by atoms with E-state index in [1.165, 1.54) is 0 Å². The first kappa shape index (κ1) is 16.8. The van der Waals surface area contributed by atoms with Crippen LogP contribution in [0.3, 0.4) is 0 Å². The van der Waals surface area contributed by atoms with Gasteiger partial charge >= 0.3 is 0 Å². The molecular formula is C20H23NO2. The van der Waals surface area contributed by atoms with Gasteiger partial charge < -0.3 is 10.1 Å². The number of hydrogen-bond donors (Lipinski definition) is 1. The fourth-order valence-corrected chi connectivity index (χ4v) is 2.12. The van der Waals surface area contributed by atoms with Gasteiger partial charge in [0.1, 0.15) is 5.75 Å². The zero-order chi connectivity index (χ0) is 16.7. The topological polar surface area (TPSA) is 38.3 Å². The summed E-state index contributed by atoms with van der Waals surface area (Å²) in [4.78, 5) is 12.2. The highest BCUT2D eigenvalue weighted by molar-refractivity contribution is 5.94. The van der Waals surface area contributed by atoms with Gasteiger partial charge in [0.05, 0.1) is 7.11 Å². The minimum Gasteiger partial charge on any atom is -0.497 e. The maximum absolute atomic E-state index is 12.2. The second kappa shape index (κ2) is 8.18. The molecule has 0 bridgehead atoms. The predicted molar refractivity (Wildman–Crippen MR) is 94.5 cm³/mol. The van der Waals surface area contributed by atoms with Crippen molar-refractivity contribution in [2.75, 3.05) is 7.11 Å². The lowest BCUT2D eigenvalue weighted by Gasteiger charge is -2.07. The number of amides is 1. The van der Waals surface area contributed by atoms with Crippen molar-refractivity contribution < 1.29 is 9.53 Å². The average molecular weight is 309 g/mol. The summed E-state index contributed by atoms with van der Waals surface area (Å²) in [6.07, 6.45) is 4.21. The number of rotatable bonds is 6. The van der Waals surface area contributed by atoms with Crippen molar-refractivity contribution in [3.63, 3.8) is 0 Å². The Hall–Kier alpha value is -2.55. The minimum absolute atomic E-state index is 0.0767. The molecule has 0 fully saturated rings. The van der Waals surface area contributed by atoms with Gasteiger partial charge in [0.15, 0.2) is 0 Å². The zero-order valence-corrected chi connectivity index (χ0v) is 13.9. The molecule has 2 aromatic rings. The van der Waals surface area contributed by atoms with Crippen molar-refractivity contribution in [2.24, 2.45) is 5.92 Å². The van der Waals surface area contributed by atoms with Crippen LogP contribution in [-0.2, 0) is 6.54 Å².